The molecule has 0 aromatic rings. The topological polar surface area (TPSA) is 176 Å². The Morgan fingerprint density at radius 2 is 1.59 bits per heavy atom. The Labute approximate surface area is 157 Å². The van der Waals surface area contributed by atoms with Crippen molar-refractivity contribution in [2.24, 2.45) is 11.7 Å². The van der Waals surface area contributed by atoms with E-state index in [0.29, 0.717) is 19.3 Å². The molecule has 0 saturated heterocycles. The lowest BCUT2D eigenvalue weighted by Gasteiger charge is -2.14. The average Bonchev–Trinajstić information content (AvgIpc) is 2.60. The highest BCUT2D eigenvalue weighted by atomic mass is 16.4. The Bertz CT molecular complexity index is 551. The number of ketones is 1. The van der Waals surface area contributed by atoms with Gasteiger partial charge >= 0.3 is 11.9 Å². The summed E-state index contributed by atoms with van der Waals surface area (Å²) in [6, 6.07) is -2.10. The number of rotatable bonds is 14. The van der Waals surface area contributed by atoms with Crippen molar-refractivity contribution in [2.75, 3.05) is 6.54 Å². The van der Waals surface area contributed by atoms with Crippen LogP contribution >= 0.6 is 0 Å². The van der Waals surface area contributed by atoms with Crippen molar-refractivity contribution >= 4 is 29.5 Å². The third-order valence-corrected chi connectivity index (χ3v) is 4.12. The lowest BCUT2D eigenvalue weighted by atomic mass is 9.91. The summed E-state index contributed by atoms with van der Waals surface area (Å²) >= 11 is 0. The fraction of sp³-hybridized carbons (Fsp3) is 0.706. The van der Waals surface area contributed by atoms with Gasteiger partial charge in [-0.2, -0.15) is 0 Å². The second-order valence-electron chi connectivity index (χ2n) is 6.35. The highest BCUT2D eigenvalue weighted by molar-refractivity contribution is 5.87. The predicted molar refractivity (Wildman–Crippen MR) is 95.7 cm³/mol. The maximum absolute atomic E-state index is 12.1. The molecule has 0 aliphatic carbocycles. The zero-order valence-electron chi connectivity index (χ0n) is 15.7. The van der Waals surface area contributed by atoms with Crippen molar-refractivity contribution in [1.82, 2.24) is 10.6 Å². The molecule has 6 N–H and O–H groups in total. The zero-order valence-corrected chi connectivity index (χ0v) is 15.7. The number of carbonyl (C=O) groups excluding carboxylic acids is 3. The largest absolute Gasteiger partial charge is 0.480 e. The number of nitrogens with two attached hydrogens (primary N) is 1. The second-order valence-corrected chi connectivity index (χ2v) is 6.35. The Kier molecular flexibility index (Phi) is 11.6. The summed E-state index contributed by atoms with van der Waals surface area (Å²) in [6.07, 6.45) is 1.79. The number of hydrogen-bond acceptors (Lipinski definition) is 6. The fourth-order valence-electron chi connectivity index (χ4n) is 2.35. The molecule has 0 heterocycles. The quantitative estimate of drug-likeness (QED) is 0.268. The van der Waals surface area contributed by atoms with E-state index in [1.54, 1.807) is 0 Å². The Hall–Kier alpha value is -2.49. The summed E-state index contributed by atoms with van der Waals surface area (Å²) in [5, 5.41) is 22.0. The SMILES string of the molecule is CCC(CCCC(=O)NCC(=O)N[C@H](C)C(=O)O)C(=O)CC[C@H](N)C(=O)O. The molecule has 3 atom stereocenters. The molecule has 0 spiro atoms. The van der Waals surface area contributed by atoms with E-state index >= 15 is 0 Å². The van der Waals surface area contributed by atoms with Crippen LogP contribution in [0.2, 0.25) is 0 Å². The minimum absolute atomic E-state index is 0.0726. The van der Waals surface area contributed by atoms with Crippen molar-refractivity contribution in [3.63, 3.8) is 0 Å². The fourth-order valence-corrected chi connectivity index (χ4v) is 2.35. The van der Waals surface area contributed by atoms with E-state index in [0.717, 1.165) is 0 Å². The summed E-state index contributed by atoms with van der Waals surface area (Å²) in [7, 11) is 0. The molecular formula is C17H29N3O7. The van der Waals surface area contributed by atoms with Gasteiger partial charge in [-0.15, -0.1) is 0 Å². The highest BCUT2D eigenvalue weighted by Gasteiger charge is 2.20. The monoisotopic (exact) mass is 387 g/mol. The smallest absolute Gasteiger partial charge is 0.325 e. The minimum Gasteiger partial charge on any atom is -0.480 e. The van der Waals surface area contributed by atoms with Crippen LogP contribution in [0.3, 0.4) is 0 Å². The van der Waals surface area contributed by atoms with Crippen LogP contribution in [0.4, 0.5) is 0 Å². The van der Waals surface area contributed by atoms with Gasteiger partial charge in [0.1, 0.15) is 17.9 Å². The maximum Gasteiger partial charge on any atom is 0.325 e. The van der Waals surface area contributed by atoms with Crippen LogP contribution in [0.5, 0.6) is 0 Å². The van der Waals surface area contributed by atoms with E-state index in [1.807, 2.05) is 6.92 Å². The van der Waals surface area contributed by atoms with Crippen LogP contribution < -0.4 is 16.4 Å². The van der Waals surface area contributed by atoms with Gasteiger partial charge in [-0.05, 0) is 32.6 Å². The Balaban J connectivity index is 4.11. The van der Waals surface area contributed by atoms with Gasteiger partial charge in [-0.25, -0.2) is 0 Å². The van der Waals surface area contributed by atoms with E-state index in [4.69, 9.17) is 15.9 Å². The van der Waals surface area contributed by atoms with Crippen molar-refractivity contribution < 1.29 is 34.2 Å². The van der Waals surface area contributed by atoms with Gasteiger partial charge in [0.05, 0.1) is 6.54 Å². The van der Waals surface area contributed by atoms with Crippen LogP contribution in [-0.4, -0.2) is 58.4 Å². The molecule has 10 heteroatoms. The van der Waals surface area contributed by atoms with Crippen LogP contribution in [0.25, 0.3) is 0 Å². The van der Waals surface area contributed by atoms with Crippen LogP contribution in [0.1, 0.15) is 52.4 Å². The molecule has 0 aromatic heterocycles. The van der Waals surface area contributed by atoms with Gasteiger partial charge in [0.25, 0.3) is 0 Å². The first-order valence-electron chi connectivity index (χ1n) is 8.88. The van der Waals surface area contributed by atoms with Crippen molar-refractivity contribution in [2.45, 2.75) is 64.5 Å². The number of Topliss-reactive ketones (excluding diaryl/α,β-unsaturated/α-hetero) is 1. The molecule has 0 rings (SSSR count). The van der Waals surface area contributed by atoms with Crippen molar-refractivity contribution in [1.29, 1.82) is 0 Å². The van der Waals surface area contributed by atoms with Gasteiger partial charge in [0.15, 0.2) is 0 Å². The second kappa shape index (κ2) is 12.8. The van der Waals surface area contributed by atoms with Crippen LogP contribution in [-0.2, 0) is 24.0 Å². The Morgan fingerprint density at radius 3 is 2.11 bits per heavy atom. The van der Waals surface area contributed by atoms with E-state index in [2.05, 4.69) is 10.6 Å². The van der Waals surface area contributed by atoms with E-state index in [1.165, 1.54) is 6.92 Å². The normalized spacial score (nSPS) is 13.9. The number of hydrogen-bond donors (Lipinski definition) is 5. The first-order valence-corrected chi connectivity index (χ1v) is 8.88. The molecule has 0 saturated carbocycles. The molecular weight excluding hydrogens is 358 g/mol. The van der Waals surface area contributed by atoms with Gasteiger partial charge in [0.2, 0.25) is 11.8 Å². The molecule has 0 bridgehead atoms. The number of carboxylic acids is 2. The summed E-state index contributed by atoms with van der Waals surface area (Å²) in [6.45, 7) is 2.83. The third kappa shape index (κ3) is 11.0. The van der Waals surface area contributed by atoms with Crippen molar-refractivity contribution in [3.05, 3.63) is 0 Å². The lowest BCUT2D eigenvalue weighted by Crippen LogP contribution is -2.43. The number of amides is 2. The predicted octanol–water partition coefficient (Wildman–Crippen LogP) is -0.350. The lowest BCUT2D eigenvalue weighted by molar-refractivity contribution is -0.141. The summed E-state index contributed by atoms with van der Waals surface area (Å²) in [5.74, 6) is -3.63. The van der Waals surface area contributed by atoms with E-state index in [9.17, 15) is 24.0 Å². The average molecular weight is 387 g/mol. The number of carboxylic acid groups (broad SMARTS) is 2. The molecule has 10 nitrogen and oxygen atoms in total. The molecule has 0 aliphatic rings. The van der Waals surface area contributed by atoms with Gasteiger partial charge < -0.3 is 26.6 Å². The van der Waals surface area contributed by atoms with Gasteiger partial charge in [-0.1, -0.05) is 6.92 Å². The third-order valence-electron chi connectivity index (χ3n) is 4.12. The molecule has 154 valence electrons. The molecule has 0 radical (unpaired) electrons. The number of carbonyl (C=O) groups is 5. The zero-order chi connectivity index (χ0) is 21.0. The number of aliphatic carboxylic acids is 2. The van der Waals surface area contributed by atoms with E-state index < -0.39 is 29.9 Å². The molecule has 27 heavy (non-hydrogen) atoms. The molecule has 0 fully saturated rings. The highest BCUT2D eigenvalue weighted by Crippen LogP contribution is 2.17. The first kappa shape index (κ1) is 24.5. The van der Waals surface area contributed by atoms with Gasteiger partial charge in [-0.3, -0.25) is 24.0 Å². The van der Waals surface area contributed by atoms with Gasteiger partial charge in [0, 0.05) is 18.8 Å². The maximum atomic E-state index is 12.1. The summed E-state index contributed by atoms with van der Waals surface area (Å²) in [5.41, 5.74) is 5.38. The molecule has 0 aliphatic heterocycles. The van der Waals surface area contributed by atoms with Crippen LogP contribution in [0, 0.1) is 5.92 Å². The molecule has 1 unspecified atom stereocenters. The number of nitrogens with one attached hydrogen (secondary N) is 2. The Morgan fingerprint density at radius 1 is 0.963 bits per heavy atom. The van der Waals surface area contributed by atoms with Crippen molar-refractivity contribution in [3.8, 4) is 0 Å². The first-order chi connectivity index (χ1) is 12.6. The minimum atomic E-state index is -1.17. The standard InChI is InChI=1S/C17H29N3O7/c1-3-11(13(21)8-7-12(18)17(26)27)5-4-6-14(22)19-9-15(23)20-10(2)16(24)25/h10-12H,3-9,18H2,1-2H3,(H,19,22)(H,20,23)(H,24,25)(H,26,27)/t10-,11?,12+/m1/s1. The summed E-state index contributed by atoms with van der Waals surface area (Å²) in [4.78, 5) is 56.6. The van der Waals surface area contributed by atoms with E-state index in [-0.39, 0.29) is 43.4 Å². The molecule has 2 amide bonds. The summed E-state index contributed by atoms with van der Waals surface area (Å²) < 4.78 is 0. The molecule has 0 aromatic carbocycles. The van der Waals surface area contributed by atoms with Crippen LogP contribution in [0.15, 0.2) is 0 Å².